The zero-order valence-corrected chi connectivity index (χ0v) is 11.9. The summed E-state index contributed by atoms with van der Waals surface area (Å²) in [5.41, 5.74) is 0.366. The molecule has 4 aliphatic rings. The van der Waals surface area contributed by atoms with Gasteiger partial charge in [0, 0.05) is 6.42 Å². The Kier molecular flexibility index (Phi) is 3.14. The molecule has 0 aromatic rings. The van der Waals surface area contributed by atoms with Gasteiger partial charge in [-0.1, -0.05) is 12.2 Å². The van der Waals surface area contributed by atoms with E-state index in [1.54, 1.807) is 0 Å². The van der Waals surface area contributed by atoms with Gasteiger partial charge in [-0.15, -0.1) is 0 Å². The van der Waals surface area contributed by atoms with Gasteiger partial charge in [0.25, 0.3) is 0 Å². The molecule has 0 heterocycles. The first-order chi connectivity index (χ1) is 9.40. The summed E-state index contributed by atoms with van der Waals surface area (Å²) in [5.74, 6) is -0.449. The summed E-state index contributed by atoms with van der Waals surface area (Å²) >= 11 is 0. The third-order valence-corrected chi connectivity index (χ3v) is 5.56. The lowest BCUT2D eigenvalue weighted by molar-refractivity contribution is -0.212. The van der Waals surface area contributed by atoms with Crippen LogP contribution in [-0.2, 0) is 14.3 Å². The number of ether oxygens (including phenoxy) is 1. The molecule has 0 aromatic carbocycles. The molecule has 4 rings (SSSR count). The third kappa shape index (κ3) is 2.05. The molecular formula is C16H22O4. The lowest BCUT2D eigenvalue weighted by Gasteiger charge is -2.60. The lowest BCUT2D eigenvalue weighted by Crippen LogP contribution is -2.60. The van der Waals surface area contributed by atoms with Crippen molar-refractivity contribution in [3.63, 3.8) is 0 Å². The summed E-state index contributed by atoms with van der Waals surface area (Å²) in [6.45, 7) is 5.90. The number of carbonyl (C=O) groups is 2. The molecule has 0 unspecified atom stereocenters. The highest BCUT2D eigenvalue weighted by Crippen LogP contribution is 2.61. The Morgan fingerprint density at radius 1 is 1.15 bits per heavy atom. The fourth-order valence-electron chi connectivity index (χ4n) is 5.16. The SMILES string of the molecule is C=C(C)CC1(OC(=O)C(=O)O)C2CC3CC(C2)CC1C3. The lowest BCUT2D eigenvalue weighted by atomic mass is 9.49. The predicted octanol–water partition coefficient (Wildman–Crippen LogP) is 2.78. The van der Waals surface area contributed by atoms with Crippen LogP contribution < -0.4 is 0 Å². The van der Waals surface area contributed by atoms with Gasteiger partial charge in [0.1, 0.15) is 5.60 Å². The minimum Gasteiger partial charge on any atom is -0.473 e. The number of hydrogen-bond donors (Lipinski definition) is 1. The summed E-state index contributed by atoms with van der Waals surface area (Å²) in [6, 6.07) is 0. The van der Waals surface area contributed by atoms with E-state index in [9.17, 15) is 9.59 Å². The van der Waals surface area contributed by atoms with Crippen molar-refractivity contribution in [2.75, 3.05) is 0 Å². The highest BCUT2D eigenvalue weighted by Gasteiger charge is 2.59. The average molecular weight is 278 g/mol. The number of carbonyl (C=O) groups excluding carboxylic acids is 1. The fraction of sp³-hybridized carbons (Fsp3) is 0.750. The van der Waals surface area contributed by atoms with Gasteiger partial charge in [0.15, 0.2) is 0 Å². The minimum absolute atomic E-state index is 0.318. The average Bonchev–Trinajstić information content (AvgIpc) is 2.33. The molecule has 4 nitrogen and oxygen atoms in total. The van der Waals surface area contributed by atoms with Crippen LogP contribution in [0.1, 0.15) is 45.4 Å². The molecule has 0 aliphatic heterocycles. The van der Waals surface area contributed by atoms with Crippen LogP contribution in [0.15, 0.2) is 12.2 Å². The first-order valence-corrected chi connectivity index (χ1v) is 7.51. The molecule has 4 heteroatoms. The molecular weight excluding hydrogens is 256 g/mol. The standard InChI is InChI=1S/C16H22O4/c1-9(2)8-16(20-15(19)14(17)18)12-4-10-3-11(6-12)7-13(16)5-10/h10-13H,1,3-8H2,2H3,(H,17,18). The topological polar surface area (TPSA) is 63.6 Å². The van der Waals surface area contributed by atoms with Crippen molar-refractivity contribution >= 4 is 11.9 Å². The number of rotatable bonds is 3. The van der Waals surface area contributed by atoms with E-state index in [0.29, 0.717) is 18.3 Å². The Morgan fingerprint density at radius 3 is 2.05 bits per heavy atom. The van der Waals surface area contributed by atoms with Crippen LogP contribution in [0.2, 0.25) is 0 Å². The number of esters is 1. The van der Waals surface area contributed by atoms with Crippen molar-refractivity contribution in [3.05, 3.63) is 12.2 Å². The number of aliphatic carboxylic acids is 1. The Balaban J connectivity index is 1.91. The Bertz CT molecular complexity index is 437. The van der Waals surface area contributed by atoms with Crippen LogP contribution in [0.25, 0.3) is 0 Å². The Labute approximate surface area is 119 Å². The van der Waals surface area contributed by atoms with Crippen molar-refractivity contribution in [1.29, 1.82) is 0 Å². The van der Waals surface area contributed by atoms with Crippen LogP contribution in [0.5, 0.6) is 0 Å². The molecule has 110 valence electrons. The highest BCUT2D eigenvalue weighted by atomic mass is 16.6. The van der Waals surface area contributed by atoms with Crippen LogP contribution in [-0.4, -0.2) is 22.6 Å². The molecule has 20 heavy (non-hydrogen) atoms. The highest BCUT2D eigenvalue weighted by molar-refractivity contribution is 6.28. The third-order valence-electron chi connectivity index (χ3n) is 5.56. The Hall–Kier alpha value is -1.32. The summed E-state index contributed by atoms with van der Waals surface area (Å²) < 4.78 is 5.59. The van der Waals surface area contributed by atoms with Crippen molar-refractivity contribution in [2.24, 2.45) is 23.7 Å². The summed E-state index contributed by atoms with van der Waals surface area (Å²) in [7, 11) is 0. The van der Waals surface area contributed by atoms with E-state index in [0.717, 1.165) is 43.1 Å². The quantitative estimate of drug-likeness (QED) is 0.490. The van der Waals surface area contributed by atoms with Crippen molar-refractivity contribution < 1.29 is 19.4 Å². The van der Waals surface area contributed by atoms with Crippen LogP contribution >= 0.6 is 0 Å². The van der Waals surface area contributed by atoms with E-state index in [-0.39, 0.29) is 0 Å². The molecule has 4 aliphatic carbocycles. The summed E-state index contributed by atoms with van der Waals surface area (Å²) in [5, 5.41) is 8.89. The van der Waals surface area contributed by atoms with Gasteiger partial charge < -0.3 is 9.84 Å². The van der Waals surface area contributed by atoms with Gasteiger partial charge in [-0.3, -0.25) is 0 Å². The molecule has 4 fully saturated rings. The van der Waals surface area contributed by atoms with Gasteiger partial charge >= 0.3 is 11.9 Å². The second-order valence-electron chi connectivity index (χ2n) is 7.09. The smallest absolute Gasteiger partial charge is 0.417 e. The first kappa shape index (κ1) is 13.7. The molecule has 0 aromatic heterocycles. The minimum atomic E-state index is -1.49. The summed E-state index contributed by atoms with van der Waals surface area (Å²) in [4.78, 5) is 22.6. The number of carboxylic acids is 1. The van der Waals surface area contributed by atoms with Gasteiger partial charge in [-0.2, -0.15) is 0 Å². The molecule has 0 amide bonds. The summed E-state index contributed by atoms with van der Waals surface area (Å²) in [6.07, 6.45) is 6.23. The van der Waals surface area contributed by atoms with Crippen molar-refractivity contribution in [2.45, 2.75) is 51.0 Å². The van der Waals surface area contributed by atoms with Gasteiger partial charge in [0.2, 0.25) is 0 Å². The molecule has 0 atom stereocenters. The van der Waals surface area contributed by atoms with E-state index >= 15 is 0 Å². The van der Waals surface area contributed by atoms with Crippen LogP contribution in [0.4, 0.5) is 0 Å². The monoisotopic (exact) mass is 278 g/mol. The maximum atomic E-state index is 11.7. The van der Waals surface area contributed by atoms with Crippen LogP contribution in [0, 0.1) is 23.7 Å². The fourth-order valence-corrected chi connectivity index (χ4v) is 5.16. The zero-order chi connectivity index (χ0) is 14.5. The van der Waals surface area contributed by atoms with E-state index < -0.39 is 17.5 Å². The molecule has 4 bridgehead atoms. The molecule has 4 saturated carbocycles. The maximum absolute atomic E-state index is 11.7. The zero-order valence-electron chi connectivity index (χ0n) is 11.9. The number of carboxylic acid groups (broad SMARTS) is 1. The molecule has 1 N–H and O–H groups in total. The first-order valence-electron chi connectivity index (χ1n) is 7.51. The second kappa shape index (κ2) is 4.61. The molecule has 0 spiro atoms. The van der Waals surface area contributed by atoms with Gasteiger partial charge in [0.05, 0.1) is 0 Å². The largest absolute Gasteiger partial charge is 0.473 e. The number of hydrogen-bond acceptors (Lipinski definition) is 3. The molecule has 0 radical (unpaired) electrons. The molecule has 0 saturated heterocycles. The van der Waals surface area contributed by atoms with Gasteiger partial charge in [-0.25, -0.2) is 9.59 Å². The maximum Gasteiger partial charge on any atom is 0.417 e. The van der Waals surface area contributed by atoms with Gasteiger partial charge in [-0.05, 0) is 62.7 Å². The van der Waals surface area contributed by atoms with E-state index in [1.807, 2.05) is 6.92 Å². The Morgan fingerprint density at radius 2 is 1.65 bits per heavy atom. The normalized spacial score (nSPS) is 41.5. The van der Waals surface area contributed by atoms with Crippen molar-refractivity contribution in [1.82, 2.24) is 0 Å². The predicted molar refractivity (Wildman–Crippen MR) is 72.9 cm³/mol. The van der Waals surface area contributed by atoms with E-state index in [2.05, 4.69) is 6.58 Å². The van der Waals surface area contributed by atoms with Crippen molar-refractivity contribution in [3.8, 4) is 0 Å². The van der Waals surface area contributed by atoms with Crippen LogP contribution in [0.3, 0.4) is 0 Å². The van der Waals surface area contributed by atoms with E-state index in [1.165, 1.54) is 6.42 Å². The second-order valence-corrected chi connectivity index (χ2v) is 7.09. The van der Waals surface area contributed by atoms with E-state index in [4.69, 9.17) is 9.84 Å².